The number of aromatic nitrogens is 3. The second-order valence-electron chi connectivity index (χ2n) is 10.2. The minimum Gasteiger partial charge on any atom is -0.466 e. The average Bonchev–Trinajstić information content (AvgIpc) is 3.53. The monoisotopic (exact) mass is 499 g/mol. The lowest BCUT2D eigenvalue weighted by molar-refractivity contribution is -0.162. The number of hydrogen-bond acceptors (Lipinski definition) is 8. The van der Waals surface area contributed by atoms with Crippen molar-refractivity contribution in [3.05, 3.63) is 24.3 Å². The van der Waals surface area contributed by atoms with Gasteiger partial charge in [-0.05, 0) is 44.7 Å². The predicted molar refractivity (Wildman–Crippen MR) is 127 cm³/mol. The summed E-state index contributed by atoms with van der Waals surface area (Å²) in [5.41, 5.74) is -0.664. The third kappa shape index (κ3) is 3.28. The molecule has 2 N–H and O–H groups in total. The van der Waals surface area contributed by atoms with Gasteiger partial charge in [-0.3, -0.25) is 14.4 Å². The molecule has 1 aromatic carbocycles. The van der Waals surface area contributed by atoms with Gasteiger partial charge >= 0.3 is 5.97 Å². The zero-order valence-electron chi connectivity index (χ0n) is 21.0. The number of aliphatic hydroxyl groups is 1. The zero-order chi connectivity index (χ0) is 25.8. The Bertz CT molecular complexity index is 1200. The number of carbonyl (C=O) groups excluding carboxylic acids is 3. The fraction of sp³-hybridized carbons (Fsp3) is 0.640. The minimum absolute atomic E-state index is 0.0443. The zero-order valence-corrected chi connectivity index (χ0v) is 21.0. The lowest BCUT2D eigenvalue weighted by Crippen LogP contribution is -2.58. The second kappa shape index (κ2) is 8.81. The summed E-state index contributed by atoms with van der Waals surface area (Å²) in [7, 11) is 0. The summed E-state index contributed by atoms with van der Waals surface area (Å²) in [5, 5.41) is 21.3. The highest BCUT2D eigenvalue weighted by molar-refractivity contribution is 5.98. The number of likely N-dealkylation sites (tertiary alicyclic amines) is 1. The van der Waals surface area contributed by atoms with Crippen LogP contribution in [0.4, 0.5) is 0 Å². The van der Waals surface area contributed by atoms with Crippen molar-refractivity contribution in [3.63, 3.8) is 0 Å². The van der Waals surface area contributed by atoms with Crippen LogP contribution in [0.1, 0.15) is 40.5 Å². The van der Waals surface area contributed by atoms with Crippen LogP contribution in [-0.2, 0) is 30.5 Å². The van der Waals surface area contributed by atoms with E-state index in [0.717, 1.165) is 5.52 Å². The van der Waals surface area contributed by atoms with E-state index >= 15 is 0 Å². The number of nitrogens with one attached hydrogen (secondary N) is 1. The van der Waals surface area contributed by atoms with E-state index < -0.39 is 47.0 Å². The number of amides is 2. The topological polar surface area (TPSA) is 136 Å². The van der Waals surface area contributed by atoms with Gasteiger partial charge in [-0.25, -0.2) is 4.68 Å². The van der Waals surface area contributed by atoms with Crippen molar-refractivity contribution in [2.45, 2.75) is 70.5 Å². The van der Waals surface area contributed by atoms with Crippen LogP contribution in [0.5, 0.6) is 0 Å². The van der Waals surface area contributed by atoms with E-state index in [1.165, 1.54) is 4.90 Å². The van der Waals surface area contributed by atoms with Crippen LogP contribution in [0.2, 0.25) is 0 Å². The van der Waals surface area contributed by atoms with Gasteiger partial charge in [0.2, 0.25) is 11.8 Å². The van der Waals surface area contributed by atoms with E-state index in [-0.39, 0.29) is 31.7 Å². The summed E-state index contributed by atoms with van der Waals surface area (Å²) in [5.74, 6) is -3.03. The van der Waals surface area contributed by atoms with Crippen LogP contribution < -0.4 is 5.32 Å². The summed E-state index contributed by atoms with van der Waals surface area (Å²) in [6.45, 7) is 7.30. The van der Waals surface area contributed by atoms with E-state index in [2.05, 4.69) is 15.6 Å². The van der Waals surface area contributed by atoms with Gasteiger partial charge in [0.1, 0.15) is 29.7 Å². The summed E-state index contributed by atoms with van der Waals surface area (Å²) in [6.07, 6.45) is 0.887. The molecule has 2 amide bonds. The molecule has 11 nitrogen and oxygen atoms in total. The lowest BCUT2D eigenvalue weighted by atomic mass is 9.62. The Labute approximate surface area is 209 Å². The molecule has 3 aliphatic rings. The van der Waals surface area contributed by atoms with Crippen molar-refractivity contribution in [2.75, 3.05) is 13.2 Å². The molecule has 5 rings (SSSR count). The van der Waals surface area contributed by atoms with Crippen molar-refractivity contribution in [1.82, 2.24) is 25.2 Å². The number of hydrogen-bond donors (Lipinski definition) is 2. The smallest absolute Gasteiger partial charge is 0.312 e. The van der Waals surface area contributed by atoms with Crippen LogP contribution in [0.3, 0.4) is 0 Å². The average molecular weight is 500 g/mol. The Morgan fingerprint density at radius 2 is 2.08 bits per heavy atom. The van der Waals surface area contributed by atoms with Crippen LogP contribution >= 0.6 is 0 Å². The summed E-state index contributed by atoms with van der Waals surface area (Å²) in [6, 6.07) is 5.81. The molecular weight excluding hydrogens is 466 g/mol. The third-order valence-corrected chi connectivity index (χ3v) is 8.44. The van der Waals surface area contributed by atoms with Crippen LogP contribution in [-0.4, -0.2) is 79.3 Å². The van der Waals surface area contributed by atoms with Gasteiger partial charge < -0.3 is 24.8 Å². The van der Waals surface area contributed by atoms with Crippen molar-refractivity contribution < 1.29 is 29.0 Å². The van der Waals surface area contributed by atoms with E-state index in [1.807, 2.05) is 45.0 Å². The second-order valence-corrected chi connectivity index (χ2v) is 10.2. The summed E-state index contributed by atoms with van der Waals surface area (Å²) in [4.78, 5) is 42.4. The van der Waals surface area contributed by atoms with Crippen LogP contribution in [0.15, 0.2) is 24.3 Å². The highest BCUT2D eigenvalue weighted by Crippen LogP contribution is 2.65. The molecule has 36 heavy (non-hydrogen) atoms. The molecule has 0 radical (unpaired) electrons. The summed E-state index contributed by atoms with van der Waals surface area (Å²) >= 11 is 0. The number of aliphatic hydroxyl groups excluding tert-OH is 1. The Morgan fingerprint density at radius 3 is 2.78 bits per heavy atom. The maximum absolute atomic E-state index is 13.9. The molecule has 3 fully saturated rings. The third-order valence-electron chi connectivity index (χ3n) is 8.44. The van der Waals surface area contributed by atoms with E-state index in [4.69, 9.17) is 9.47 Å². The Kier molecular flexibility index (Phi) is 6.03. The molecule has 3 aliphatic heterocycles. The summed E-state index contributed by atoms with van der Waals surface area (Å²) < 4.78 is 13.5. The van der Waals surface area contributed by atoms with Gasteiger partial charge in [0.15, 0.2) is 0 Å². The Morgan fingerprint density at radius 1 is 1.33 bits per heavy atom. The number of nitrogens with zero attached hydrogens (tertiary/aromatic N) is 4. The predicted octanol–water partition coefficient (Wildman–Crippen LogP) is 0.850. The van der Waals surface area contributed by atoms with Crippen molar-refractivity contribution >= 4 is 28.8 Å². The molecule has 1 spiro atoms. The first-order chi connectivity index (χ1) is 17.2. The van der Waals surface area contributed by atoms with Crippen molar-refractivity contribution in [2.24, 2.45) is 17.8 Å². The lowest BCUT2D eigenvalue weighted by Gasteiger charge is -2.36. The first-order valence-corrected chi connectivity index (χ1v) is 12.6. The first kappa shape index (κ1) is 24.6. The van der Waals surface area contributed by atoms with Crippen LogP contribution in [0, 0.1) is 17.8 Å². The SMILES string of the molecule is CCOC(=O)[C@@H]1[C@H]2C(=O)N([C@@H](CC)CO)C(C(=O)NCn3nnc4ccccc43)C23CC(C)[C@@]1(C)O3. The Balaban J connectivity index is 1.52. The fourth-order valence-corrected chi connectivity index (χ4v) is 6.66. The fourth-order valence-electron chi connectivity index (χ4n) is 6.66. The normalized spacial score (nSPS) is 33.7. The Hall–Kier alpha value is -3.05. The molecule has 11 heteroatoms. The number of ether oxygens (including phenoxy) is 2. The maximum atomic E-state index is 13.9. The van der Waals surface area contributed by atoms with Gasteiger partial charge in [-0.2, -0.15) is 0 Å². The standard InChI is InChI=1S/C25H33N5O6/c1-5-15(12-31)30-20(21(32)26-13-29-17-10-8-7-9-16(17)27-28-29)25-11-14(3)24(4,36-25)19(18(25)22(30)33)23(34)35-6-2/h7-10,14-15,18-20,31H,5-6,11-13H2,1-4H3,(H,26,32)/t14?,15-,18-,19-,20?,24+,25?/m0/s1. The van der Waals surface area contributed by atoms with Gasteiger partial charge in [0.25, 0.3) is 0 Å². The van der Waals surface area contributed by atoms with Gasteiger partial charge in [0.05, 0.1) is 36.3 Å². The van der Waals surface area contributed by atoms with Gasteiger partial charge in [-0.1, -0.05) is 31.2 Å². The number of esters is 1. The molecule has 2 bridgehead atoms. The number of fused-ring (bicyclic) bond motifs is 2. The maximum Gasteiger partial charge on any atom is 0.312 e. The largest absolute Gasteiger partial charge is 0.466 e. The number of para-hydroxylation sites is 1. The van der Waals surface area contributed by atoms with Gasteiger partial charge in [-0.15, -0.1) is 5.10 Å². The van der Waals surface area contributed by atoms with E-state index in [0.29, 0.717) is 18.4 Å². The first-order valence-electron chi connectivity index (χ1n) is 12.6. The molecular formula is C25H33N5O6. The van der Waals surface area contributed by atoms with Crippen molar-refractivity contribution in [1.29, 1.82) is 0 Å². The molecule has 4 heterocycles. The van der Waals surface area contributed by atoms with E-state index in [1.54, 1.807) is 11.6 Å². The van der Waals surface area contributed by atoms with E-state index in [9.17, 15) is 19.5 Å². The molecule has 0 aliphatic carbocycles. The number of rotatable bonds is 8. The quantitative estimate of drug-likeness (QED) is 0.510. The molecule has 0 saturated carbocycles. The molecule has 3 saturated heterocycles. The number of benzene rings is 1. The van der Waals surface area contributed by atoms with Crippen LogP contribution in [0.25, 0.3) is 11.0 Å². The van der Waals surface area contributed by atoms with Gasteiger partial charge in [0, 0.05) is 0 Å². The molecule has 3 unspecified atom stereocenters. The van der Waals surface area contributed by atoms with Crippen molar-refractivity contribution in [3.8, 4) is 0 Å². The molecule has 1 aromatic heterocycles. The minimum atomic E-state index is -1.19. The molecule has 2 aromatic rings. The molecule has 194 valence electrons. The number of carbonyl (C=O) groups is 3. The molecule has 7 atom stereocenters. The highest BCUT2D eigenvalue weighted by atomic mass is 16.6. The highest BCUT2D eigenvalue weighted by Gasteiger charge is 2.80.